The SMILES string of the molecule is CCCC[B-](c1cc[nH]n1)(c1cc[nH]n1)c1cc[nH]n1. The van der Waals surface area contributed by atoms with Gasteiger partial charge in [-0.15, -0.1) is 0 Å². The van der Waals surface area contributed by atoms with Gasteiger partial charge in [0.25, 0.3) is 0 Å². The standard InChI is InChI=1S/C13H18BN6/c1-2-3-7-14(11-4-8-15-18-11,12-5-9-16-19-12)13-6-10-17-20-13/h4-6,8-10H,2-3,7H2,1H3,(H,15,18)(H,16,19)(H,17,20)/q-1. The summed E-state index contributed by atoms with van der Waals surface area (Å²) in [6.07, 6.45) is 7.57. The Bertz CT molecular complexity index is 530. The van der Waals surface area contributed by atoms with E-state index in [0.29, 0.717) is 0 Å². The summed E-state index contributed by atoms with van der Waals surface area (Å²) in [6, 6.07) is 6.08. The molecule has 0 aliphatic heterocycles. The molecule has 3 aromatic rings. The molecule has 0 radical (unpaired) electrons. The molecule has 0 aliphatic rings. The van der Waals surface area contributed by atoms with E-state index in [1.165, 1.54) is 0 Å². The van der Waals surface area contributed by atoms with Crippen LogP contribution in [0.3, 0.4) is 0 Å². The Morgan fingerprint density at radius 2 is 1.30 bits per heavy atom. The van der Waals surface area contributed by atoms with Crippen LogP contribution in [0.4, 0.5) is 0 Å². The highest BCUT2D eigenvalue weighted by atomic mass is 15.1. The van der Waals surface area contributed by atoms with Gasteiger partial charge in [-0.2, -0.15) is 6.32 Å². The zero-order chi connectivity index (χ0) is 13.8. The molecule has 3 N–H and O–H groups in total. The van der Waals surface area contributed by atoms with Crippen LogP contribution in [0.15, 0.2) is 36.8 Å². The molecule has 20 heavy (non-hydrogen) atoms. The molecule has 0 bridgehead atoms. The quantitative estimate of drug-likeness (QED) is 0.556. The Kier molecular flexibility index (Phi) is 3.41. The normalized spacial score (nSPS) is 11.8. The molecule has 0 saturated heterocycles. The summed E-state index contributed by atoms with van der Waals surface area (Å²) in [7, 11) is 0. The van der Waals surface area contributed by atoms with Crippen molar-refractivity contribution in [3.63, 3.8) is 0 Å². The smallest absolute Gasteiger partial charge is 0.151 e. The lowest BCUT2D eigenvalue weighted by molar-refractivity contribution is 0.871. The summed E-state index contributed by atoms with van der Waals surface area (Å²) in [5, 5.41) is 22.1. The average molecular weight is 269 g/mol. The molecule has 0 aliphatic carbocycles. The van der Waals surface area contributed by atoms with Gasteiger partial charge in [-0.25, -0.2) is 15.3 Å². The minimum absolute atomic E-state index is 0.983. The molecule has 3 aromatic heterocycles. The van der Waals surface area contributed by atoms with E-state index in [4.69, 9.17) is 0 Å². The van der Waals surface area contributed by atoms with Crippen molar-refractivity contribution in [2.24, 2.45) is 0 Å². The van der Waals surface area contributed by atoms with Crippen LogP contribution < -0.4 is 16.8 Å². The Morgan fingerprint density at radius 3 is 1.60 bits per heavy atom. The van der Waals surface area contributed by atoms with E-state index in [1.807, 2.05) is 36.8 Å². The Hall–Kier alpha value is -2.31. The molecule has 3 rings (SSSR count). The molecule has 6 nitrogen and oxygen atoms in total. The molecule has 0 aromatic carbocycles. The monoisotopic (exact) mass is 269 g/mol. The molecule has 0 spiro atoms. The van der Waals surface area contributed by atoms with E-state index >= 15 is 0 Å². The van der Waals surface area contributed by atoms with Gasteiger partial charge in [0.15, 0.2) is 6.15 Å². The third-order valence-corrected chi connectivity index (χ3v) is 4.07. The van der Waals surface area contributed by atoms with Crippen molar-refractivity contribution in [2.45, 2.75) is 26.1 Å². The molecule has 7 heteroatoms. The van der Waals surface area contributed by atoms with Crippen LogP contribution in [-0.4, -0.2) is 36.7 Å². The van der Waals surface area contributed by atoms with Crippen LogP contribution >= 0.6 is 0 Å². The van der Waals surface area contributed by atoms with Crippen molar-refractivity contribution < 1.29 is 0 Å². The fourth-order valence-electron chi connectivity index (χ4n) is 3.05. The van der Waals surface area contributed by atoms with Crippen LogP contribution in [0, 0.1) is 0 Å². The van der Waals surface area contributed by atoms with Crippen molar-refractivity contribution in [1.82, 2.24) is 30.6 Å². The highest BCUT2D eigenvalue weighted by Crippen LogP contribution is 2.13. The zero-order valence-corrected chi connectivity index (χ0v) is 11.5. The predicted molar refractivity (Wildman–Crippen MR) is 80.1 cm³/mol. The fourth-order valence-corrected chi connectivity index (χ4v) is 3.05. The van der Waals surface area contributed by atoms with Gasteiger partial charge >= 0.3 is 0 Å². The molecule has 104 valence electrons. The van der Waals surface area contributed by atoms with Gasteiger partial charge in [0, 0.05) is 18.6 Å². The predicted octanol–water partition coefficient (Wildman–Crippen LogP) is 0.126. The second-order valence-corrected chi connectivity index (χ2v) is 5.18. The molecule has 0 unspecified atom stereocenters. The maximum atomic E-state index is 4.45. The number of hydrogen-bond donors (Lipinski definition) is 3. The van der Waals surface area contributed by atoms with E-state index in [9.17, 15) is 0 Å². The maximum Gasteiger partial charge on any atom is 0.151 e. The minimum atomic E-state index is -1.22. The van der Waals surface area contributed by atoms with Crippen molar-refractivity contribution in [3.8, 4) is 0 Å². The van der Waals surface area contributed by atoms with Gasteiger partial charge in [-0.3, -0.25) is 15.3 Å². The van der Waals surface area contributed by atoms with Crippen molar-refractivity contribution in [1.29, 1.82) is 0 Å². The van der Waals surface area contributed by atoms with Crippen LogP contribution in [0.1, 0.15) is 19.8 Å². The number of nitrogens with one attached hydrogen (secondary N) is 3. The van der Waals surface area contributed by atoms with Crippen molar-refractivity contribution >= 4 is 22.9 Å². The number of rotatable bonds is 6. The van der Waals surface area contributed by atoms with Gasteiger partial charge in [-0.05, 0) is 0 Å². The van der Waals surface area contributed by atoms with Gasteiger partial charge in [-0.1, -0.05) is 54.7 Å². The number of hydrogen-bond acceptors (Lipinski definition) is 3. The highest BCUT2D eigenvalue weighted by molar-refractivity contribution is 7.10. The molecular weight excluding hydrogens is 251 g/mol. The van der Waals surface area contributed by atoms with Crippen molar-refractivity contribution in [3.05, 3.63) is 36.8 Å². The molecular formula is C13H18BN6-. The lowest BCUT2D eigenvalue weighted by Gasteiger charge is -2.35. The second-order valence-electron chi connectivity index (χ2n) is 5.18. The van der Waals surface area contributed by atoms with Gasteiger partial charge in [0.2, 0.25) is 0 Å². The molecule has 0 atom stereocenters. The average Bonchev–Trinajstić information content (AvgIpc) is 3.23. The fraction of sp³-hybridized carbons (Fsp3) is 0.308. The van der Waals surface area contributed by atoms with Crippen LogP contribution in [-0.2, 0) is 0 Å². The molecule has 0 fully saturated rings. The lowest BCUT2D eigenvalue weighted by Crippen LogP contribution is -2.68. The Balaban J connectivity index is 2.18. The largest absolute Gasteiger partial charge is 0.289 e. The Morgan fingerprint density at radius 1 is 0.850 bits per heavy atom. The van der Waals surface area contributed by atoms with E-state index in [2.05, 4.69) is 37.5 Å². The van der Waals surface area contributed by atoms with Crippen LogP contribution in [0.5, 0.6) is 0 Å². The van der Waals surface area contributed by atoms with E-state index in [1.54, 1.807) is 0 Å². The summed E-state index contributed by atoms with van der Waals surface area (Å²) in [4.78, 5) is 0. The summed E-state index contributed by atoms with van der Waals surface area (Å²) in [5.41, 5.74) is 3.04. The first-order valence-corrected chi connectivity index (χ1v) is 7.06. The maximum absolute atomic E-state index is 4.45. The van der Waals surface area contributed by atoms with Crippen LogP contribution in [0.2, 0.25) is 6.32 Å². The molecule has 0 saturated carbocycles. The minimum Gasteiger partial charge on any atom is -0.289 e. The zero-order valence-electron chi connectivity index (χ0n) is 11.5. The third-order valence-electron chi connectivity index (χ3n) is 4.07. The topological polar surface area (TPSA) is 86.0 Å². The van der Waals surface area contributed by atoms with Crippen molar-refractivity contribution in [2.75, 3.05) is 0 Å². The molecule has 0 amide bonds. The molecule has 3 heterocycles. The van der Waals surface area contributed by atoms with Gasteiger partial charge in [0.05, 0.1) is 0 Å². The summed E-state index contributed by atoms with van der Waals surface area (Å²) in [6.45, 7) is 2.19. The third kappa shape index (κ3) is 1.95. The lowest BCUT2D eigenvalue weighted by atomic mass is 9.17. The number of aromatic amines is 3. The Labute approximate surface area is 117 Å². The summed E-state index contributed by atoms with van der Waals surface area (Å²) in [5.74, 6) is 0. The van der Waals surface area contributed by atoms with E-state index in [-0.39, 0.29) is 0 Å². The first-order valence-electron chi connectivity index (χ1n) is 7.06. The second kappa shape index (κ2) is 5.36. The first kappa shape index (κ1) is 12.7. The van der Waals surface area contributed by atoms with E-state index in [0.717, 1.165) is 35.9 Å². The number of aromatic nitrogens is 6. The summed E-state index contributed by atoms with van der Waals surface area (Å²) < 4.78 is 0. The van der Waals surface area contributed by atoms with E-state index < -0.39 is 6.15 Å². The van der Waals surface area contributed by atoms with Crippen LogP contribution in [0.25, 0.3) is 0 Å². The van der Waals surface area contributed by atoms with Gasteiger partial charge in [0.1, 0.15) is 0 Å². The first-order chi connectivity index (χ1) is 9.88. The number of H-pyrrole nitrogens is 3. The number of unbranched alkanes of at least 4 members (excludes halogenated alkanes) is 1. The summed E-state index contributed by atoms with van der Waals surface area (Å²) >= 11 is 0. The number of nitrogens with zero attached hydrogens (tertiary/aromatic N) is 3. The van der Waals surface area contributed by atoms with Gasteiger partial charge < -0.3 is 0 Å². The highest BCUT2D eigenvalue weighted by Gasteiger charge is 2.35.